The molecule has 1 aromatic carbocycles. The minimum absolute atomic E-state index is 0.0526. The van der Waals surface area contributed by atoms with Gasteiger partial charge in [0.25, 0.3) is 5.91 Å². The average molecular weight is 451 g/mol. The van der Waals surface area contributed by atoms with Gasteiger partial charge in [0.15, 0.2) is 5.82 Å². The zero-order valence-corrected chi connectivity index (χ0v) is 18.8. The standard InChI is InChI=1S/C23H25N5O5/c1-5-32-21(30)17-8-6-7-16(26-17)20(29)24-14-9-11-15(12-10-14)25-22(31)27-19-13-18(33-28-19)23(2,3)4/h6-13H,5H2,1-4H3,(H,24,29)(H2,25,27,28,31). The smallest absolute Gasteiger partial charge is 0.356 e. The number of aromatic nitrogens is 2. The molecule has 0 aliphatic carbocycles. The number of hydrogen-bond donors (Lipinski definition) is 3. The Labute approximate surface area is 190 Å². The van der Waals surface area contributed by atoms with E-state index in [4.69, 9.17) is 9.26 Å². The zero-order valence-electron chi connectivity index (χ0n) is 18.8. The number of anilines is 3. The molecule has 10 heteroatoms. The fourth-order valence-electron chi connectivity index (χ4n) is 2.68. The third-order valence-electron chi connectivity index (χ3n) is 4.36. The fourth-order valence-corrected chi connectivity index (χ4v) is 2.68. The van der Waals surface area contributed by atoms with E-state index >= 15 is 0 Å². The largest absolute Gasteiger partial charge is 0.461 e. The molecule has 0 atom stereocenters. The number of benzene rings is 1. The van der Waals surface area contributed by atoms with Crippen LogP contribution in [0.3, 0.4) is 0 Å². The van der Waals surface area contributed by atoms with Crippen molar-refractivity contribution in [1.29, 1.82) is 0 Å². The second-order valence-electron chi connectivity index (χ2n) is 8.07. The van der Waals surface area contributed by atoms with E-state index in [2.05, 4.69) is 26.1 Å². The molecule has 3 N–H and O–H groups in total. The summed E-state index contributed by atoms with van der Waals surface area (Å²) < 4.78 is 10.1. The van der Waals surface area contributed by atoms with Crippen LogP contribution in [0.2, 0.25) is 0 Å². The third-order valence-corrected chi connectivity index (χ3v) is 4.36. The maximum Gasteiger partial charge on any atom is 0.356 e. The normalized spacial score (nSPS) is 10.9. The predicted octanol–water partition coefficient (Wildman–Crippen LogP) is 4.44. The molecule has 3 rings (SSSR count). The minimum atomic E-state index is -0.596. The molecule has 0 unspecified atom stereocenters. The minimum Gasteiger partial charge on any atom is -0.461 e. The molecule has 0 radical (unpaired) electrons. The van der Waals surface area contributed by atoms with Gasteiger partial charge in [0, 0.05) is 22.9 Å². The van der Waals surface area contributed by atoms with Gasteiger partial charge in [-0.2, -0.15) is 0 Å². The zero-order chi connectivity index (χ0) is 24.0. The SMILES string of the molecule is CCOC(=O)c1cccc(C(=O)Nc2ccc(NC(=O)Nc3cc(C(C)(C)C)on3)cc2)n1. The van der Waals surface area contributed by atoms with E-state index in [1.807, 2.05) is 20.8 Å². The molecule has 2 heterocycles. The van der Waals surface area contributed by atoms with Crippen LogP contribution in [0.25, 0.3) is 0 Å². The highest BCUT2D eigenvalue weighted by Crippen LogP contribution is 2.24. The van der Waals surface area contributed by atoms with Gasteiger partial charge in [-0.15, -0.1) is 0 Å². The van der Waals surface area contributed by atoms with Gasteiger partial charge in [-0.25, -0.2) is 14.6 Å². The molecule has 3 amide bonds. The maximum atomic E-state index is 12.5. The van der Waals surface area contributed by atoms with Crippen molar-refractivity contribution in [3.05, 3.63) is 65.7 Å². The van der Waals surface area contributed by atoms with Gasteiger partial charge in [0.2, 0.25) is 0 Å². The van der Waals surface area contributed by atoms with Crippen LogP contribution >= 0.6 is 0 Å². The fraction of sp³-hybridized carbons (Fsp3) is 0.261. The maximum absolute atomic E-state index is 12.5. The Morgan fingerprint density at radius 3 is 2.18 bits per heavy atom. The lowest BCUT2D eigenvalue weighted by Gasteiger charge is -2.12. The molecule has 172 valence electrons. The summed E-state index contributed by atoms with van der Waals surface area (Å²) in [7, 11) is 0. The van der Waals surface area contributed by atoms with Crippen molar-refractivity contribution in [3.63, 3.8) is 0 Å². The number of esters is 1. The Morgan fingerprint density at radius 2 is 1.58 bits per heavy atom. The van der Waals surface area contributed by atoms with Crippen molar-refractivity contribution in [2.75, 3.05) is 22.6 Å². The van der Waals surface area contributed by atoms with Crippen LogP contribution in [0.15, 0.2) is 53.1 Å². The number of hydrogen-bond acceptors (Lipinski definition) is 7. The van der Waals surface area contributed by atoms with Gasteiger partial charge in [-0.1, -0.05) is 32.0 Å². The van der Waals surface area contributed by atoms with Crippen molar-refractivity contribution in [2.45, 2.75) is 33.1 Å². The lowest BCUT2D eigenvalue weighted by Crippen LogP contribution is -2.19. The molecule has 0 aliphatic rings. The lowest BCUT2D eigenvalue weighted by molar-refractivity contribution is 0.0519. The highest BCUT2D eigenvalue weighted by molar-refractivity contribution is 6.04. The van der Waals surface area contributed by atoms with E-state index in [1.165, 1.54) is 12.1 Å². The summed E-state index contributed by atoms with van der Waals surface area (Å²) in [5, 5.41) is 11.8. The predicted molar refractivity (Wildman–Crippen MR) is 122 cm³/mol. The highest BCUT2D eigenvalue weighted by atomic mass is 16.5. The molecule has 0 saturated heterocycles. The summed E-state index contributed by atoms with van der Waals surface area (Å²) >= 11 is 0. The summed E-state index contributed by atoms with van der Waals surface area (Å²) in [4.78, 5) is 40.5. The first-order valence-corrected chi connectivity index (χ1v) is 10.3. The molecule has 3 aromatic rings. The second-order valence-corrected chi connectivity index (χ2v) is 8.07. The Balaban J connectivity index is 1.57. The molecule has 0 saturated carbocycles. The van der Waals surface area contributed by atoms with Crippen LogP contribution in [0.1, 0.15) is 54.4 Å². The van der Waals surface area contributed by atoms with Crippen LogP contribution < -0.4 is 16.0 Å². The summed E-state index contributed by atoms with van der Waals surface area (Å²) in [5.41, 5.74) is 0.897. The third kappa shape index (κ3) is 6.39. The summed E-state index contributed by atoms with van der Waals surface area (Å²) in [6.07, 6.45) is 0. The average Bonchev–Trinajstić information content (AvgIpc) is 3.24. The Bertz CT molecular complexity index is 1150. The molecule has 2 aromatic heterocycles. The monoisotopic (exact) mass is 451 g/mol. The number of nitrogens with zero attached hydrogens (tertiary/aromatic N) is 2. The number of ether oxygens (including phenoxy) is 1. The van der Waals surface area contributed by atoms with Crippen molar-refractivity contribution in [1.82, 2.24) is 10.1 Å². The van der Waals surface area contributed by atoms with Crippen molar-refractivity contribution >= 4 is 35.1 Å². The second kappa shape index (κ2) is 9.94. The van der Waals surface area contributed by atoms with Crippen LogP contribution in [0.4, 0.5) is 22.0 Å². The number of carbonyl (C=O) groups excluding carboxylic acids is 3. The molecule has 10 nitrogen and oxygen atoms in total. The molecule has 33 heavy (non-hydrogen) atoms. The molecule has 0 bridgehead atoms. The van der Waals surface area contributed by atoms with Crippen molar-refractivity contribution in [2.24, 2.45) is 0 Å². The van der Waals surface area contributed by atoms with Gasteiger partial charge >= 0.3 is 12.0 Å². The van der Waals surface area contributed by atoms with E-state index in [0.717, 1.165) is 0 Å². The Hall–Kier alpha value is -4.21. The Kier molecular flexibility index (Phi) is 7.07. The van der Waals surface area contributed by atoms with Crippen LogP contribution in [0, 0.1) is 0 Å². The van der Waals surface area contributed by atoms with Crippen LogP contribution in [-0.2, 0) is 10.2 Å². The number of amides is 3. The Morgan fingerprint density at radius 1 is 0.939 bits per heavy atom. The lowest BCUT2D eigenvalue weighted by atomic mass is 9.93. The van der Waals surface area contributed by atoms with Gasteiger partial charge in [0.05, 0.1) is 6.61 Å². The first kappa shape index (κ1) is 23.5. The number of pyridine rings is 1. The van der Waals surface area contributed by atoms with Crippen LogP contribution in [0.5, 0.6) is 0 Å². The van der Waals surface area contributed by atoms with E-state index < -0.39 is 17.9 Å². The molecule has 0 spiro atoms. The quantitative estimate of drug-likeness (QED) is 0.471. The summed E-state index contributed by atoms with van der Waals surface area (Å²) in [5.74, 6) is -0.125. The van der Waals surface area contributed by atoms with E-state index in [1.54, 1.807) is 43.3 Å². The van der Waals surface area contributed by atoms with Gasteiger partial charge in [0.1, 0.15) is 17.1 Å². The molecular weight excluding hydrogens is 426 g/mol. The molecule has 0 aliphatic heterocycles. The number of carbonyl (C=O) groups is 3. The first-order valence-electron chi connectivity index (χ1n) is 10.3. The molecule has 0 fully saturated rings. The van der Waals surface area contributed by atoms with Crippen molar-refractivity contribution < 1.29 is 23.6 Å². The highest BCUT2D eigenvalue weighted by Gasteiger charge is 2.20. The van der Waals surface area contributed by atoms with E-state index in [9.17, 15) is 14.4 Å². The molecular formula is C23H25N5O5. The van der Waals surface area contributed by atoms with E-state index in [0.29, 0.717) is 23.0 Å². The van der Waals surface area contributed by atoms with Gasteiger partial charge in [-0.05, 0) is 43.3 Å². The number of nitrogens with one attached hydrogen (secondary N) is 3. The summed E-state index contributed by atoms with van der Waals surface area (Å²) in [6.45, 7) is 7.83. The first-order chi connectivity index (χ1) is 15.7. The number of rotatable bonds is 6. The van der Waals surface area contributed by atoms with E-state index in [-0.39, 0.29) is 23.4 Å². The van der Waals surface area contributed by atoms with Gasteiger partial charge in [-0.3, -0.25) is 10.1 Å². The summed E-state index contributed by atoms with van der Waals surface area (Å²) in [6, 6.07) is 12.2. The van der Waals surface area contributed by atoms with Crippen molar-refractivity contribution in [3.8, 4) is 0 Å². The van der Waals surface area contributed by atoms with Crippen LogP contribution in [-0.4, -0.2) is 34.7 Å². The number of urea groups is 1. The topological polar surface area (TPSA) is 135 Å². The van der Waals surface area contributed by atoms with Gasteiger partial charge < -0.3 is 19.9 Å².